The molecule has 1 rings (SSSR count). The van der Waals surface area contributed by atoms with E-state index in [9.17, 15) is 0 Å². The molecule has 0 radical (unpaired) electrons. The number of hydrogen-bond acceptors (Lipinski definition) is 0. The number of rotatable bonds is 2. The van der Waals surface area contributed by atoms with Gasteiger partial charge in [-0.3, -0.25) is 0 Å². The van der Waals surface area contributed by atoms with Crippen LogP contribution in [0.5, 0.6) is 0 Å². The van der Waals surface area contributed by atoms with Crippen molar-refractivity contribution in [3.63, 3.8) is 0 Å². The van der Waals surface area contributed by atoms with Crippen molar-refractivity contribution < 1.29 is 0 Å². The van der Waals surface area contributed by atoms with Gasteiger partial charge in [-0.1, -0.05) is 31.4 Å². The molecule has 0 aliphatic heterocycles. The van der Waals surface area contributed by atoms with Crippen LogP contribution in [0.4, 0.5) is 0 Å². The molecule has 1 aromatic rings. The maximum absolute atomic E-state index is 3.77. The van der Waals surface area contributed by atoms with Crippen LogP contribution in [0, 0.1) is 13.8 Å². The Hall–Kier alpha value is -1.30. The molecule has 0 nitrogen and oxygen atoms in total. The van der Waals surface area contributed by atoms with Crippen molar-refractivity contribution in [1.29, 1.82) is 0 Å². The highest BCUT2D eigenvalue weighted by atomic mass is 14.0. The monoisotopic (exact) mass is 158 g/mol. The Kier molecular flexibility index (Phi) is 2.49. The smallest absolute Gasteiger partial charge is 0.0225 e. The molecule has 0 aliphatic carbocycles. The predicted octanol–water partition coefficient (Wildman–Crippen LogP) is 3.59. The van der Waals surface area contributed by atoms with Crippen molar-refractivity contribution in [3.05, 3.63) is 47.5 Å². The molecule has 0 saturated carbocycles. The van der Waals surface area contributed by atoms with Gasteiger partial charge in [0.15, 0.2) is 0 Å². The van der Waals surface area contributed by atoms with Gasteiger partial charge in [-0.25, -0.2) is 0 Å². The topological polar surface area (TPSA) is 0 Å². The molecule has 0 saturated heterocycles. The molecule has 1 aromatic carbocycles. The zero-order chi connectivity index (χ0) is 9.14. The first kappa shape index (κ1) is 8.79. The second-order valence-electron chi connectivity index (χ2n) is 2.96. The second-order valence-corrected chi connectivity index (χ2v) is 2.96. The van der Waals surface area contributed by atoms with Crippen LogP contribution in [-0.4, -0.2) is 0 Å². The van der Waals surface area contributed by atoms with Crippen molar-refractivity contribution in [2.45, 2.75) is 13.8 Å². The highest BCUT2D eigenvalue weighted by molar-refractivity contribution is 5.61. The van der Waals surface area contributed by atoms with Crippen LogP contribution >= 0.6 is 0 Å². The third-order valence-electron chi connectivity index (χ3n) is 2.19. The Morgan fingerprint density at radius 1 is 1.08 bits per heavy atom. The van der Waals surface area contributed by atoms with Gasteiger partial charge in [0.2, 0.25) is 0 Å². The van der Waals surface area contributed by atoms with Gasteiger partial charge in [0.05, 0.1) is 0 Å². The Bertz CT molecular complexity index is 319. The summed E-state index contributed by atoms with van der Waals surface area (Å²) in [4.78, 5) is 0. The number of benzene rings is 1. The summed E-state index contributed by atoms with van der Waals surface area (Å²) < 4.78 is 0. The zero-order valence-corrected chi connectivity index (χ0v) is 7.72. The molecule has 0 heteroatoms. The normalized spacial score (nSPS) is 9.50. The van der Waals surface area contributed by atoms with E-state index in [2.05, 4.69) is 39.1 Å². The van der Waals surface area contributed by atoms with E-state index in [1.54, 1.807) is 0 Å². The number of aryl methyl sites for hydroxylation is 1. The third kappa shape index (κ3) is 1.48. The highest BCUT2D eigenvalue weighted by Gasteiger charge is 1.98. The van der Waals surface area contributed by atoms with Gasteiger partial charge in [-0.05, 0) is 42.2 Å². The summed E-state index contributed by atoms with van der Waals surface area (Å²) in [6, 6.07) is 4.23. The number of hydrogen-bond donors (Lipinski definition) is 0. The molecule has 12 heavy (non-hydrogen) atoms. The van der Waals surface area contributed by atoms with Crippen molar-refractivity contribution in [2.24, 2.45) is 0 Å². The molecule has 0 spiro atoms. The fourth-order valence-corrected chi connectivity index (χ4v) is 1.25. The molecule has 0 amide bonds. The third-order valence-corrected chi connectivity index (χ3v) is 2.19. The minimum absolute atomic E-state index is 1.16. The average Bonchev–Trinajstić information content (AvgIpc) is 2.09. The van der Waals surface area contributed by atoms with Crippen LogP contribution in [0.3, 0.4) is 0 Å². The molecule has 0 heterocycles. The van der Waals surface area contributed by atoms with Crippen molar-refractivity contribution >= 4 is 12.2 Å². The van der Waals surface area contributed by atoms with Gasteiger partial charge in [0, 0.05) is 0 Å². The molecule has 0 aromatic heterocycles. The Morgan fingerprint density at radius 3 is 2.25 bits per heavy atom. The fraction of sp³-hybridized carbons (Fsp3) is 0.167. The maximum atomic E-state index is 3.77. The maximum Gasteiger partial charge on any atom is -0.0225 e. The van der Waals surface area contributed by atoms with Gasteiger partial charge >= 0.3 is 0 Å². The minimum atomic E-state index is 1.16. The summed E-state index contributed by atoms with van der Waals surface area (Å²) in [6.45, 7) is 11.7. The van der Waals surface area contributed by atoms with Crippen LogP contribution in [0.15, 0.2) is 25.3 Å². The Balaban J connectivity index is 3.37. The Morgan fingerprint density at radius 2 is 1.75 bits per heavy atom. The molecule has 0 fully saturated rings. The molecule has 0 aliphatic rings. The van der Waals surface area contributed by atoms with Gasteiger partial charge in [0.25, 0.3) is 0 Å². The molecule has 0 atom stereocenters. The molecular formula is C12H14. The van der Waals surface area contributed by atoms with E-state index >= 15 is 0 Å². The molecule has 62 valence electrons. The van der Waals surface area contributed by atoms with E-state index < -0.39 is 0 Å². The van der Waals surface area contributed by atoms with Crippen LogP contribution in [0.1, 0.15) is 22.3 Å². The van der Waals surface area contributed by atoms with Crippen molar-refractivity contribution in [3.8, 4) is 0 Å². The summed E-state index contributed by atoms with van der Waals surface area (Å²) in [6.07, 6.45) is 3.74. The van der Waals surface area contributed by atoms with Gasteiger partial charge in [-0.15, -0.1) is 0 Å². The predicted molar refractivity (Wildman–Crippen MR) is 56.1 cm³/mol. The van der Waals surface area contributed by atoms with Crippen LogP contribution < -0.4 is 0 Å². The van der Waals surface area contributed by atoms with E-state index in [0.29, 0.717) is 0 Å². The van der Waals surface area contributed by atoms with E-state index in [-0.39, 0.29) is 0 Å². The van der Waals surface area contributed by atoms with Crippen LogP contribution in [-0.2, 0) is 0 Å². The molecule has 0 N–H and O–H groups in total. The summed E-state index contributed by atoms with van der Waals surface area (Å²) in [5.74, 6) is 0. The first-order valence-electron chi connectivity index (χ1n) is 4.05. The standard InChI is InChI=1S/C12H14/c1-5-11-7-9(3)10(4)12(6-2)8-11/h5-8H,1-2H2,3-4H3. The van der Waals surface area contributed by atoms with Crippen LogP contribution in [0.2, 0.25) is 0 Å². The van der Waals surface area contributed by atoms with Crippen LogP contribution in [0.25, 0.3) is 12.2 Å². The first-order valence-corrected chi connectivity index (χ1v) is 4.05. The second kappa shape index (κ2) is 3.40. The molecule has 0 unspecified atom stereocenters. The highest BCUT2D eigenvalue weighted by Crippen LogP contribution is 2.17. The van der Waals surface area contributed by atoms with Gasteiger partial charge in [0.1, 0.15) is 0 Å². The fourth-order valence-electron chi connectivity index (χ4n) is 1.25. The average molecular weight is 158 g/mol. The van der Waals surface area contributed by atoms with Crippen molar-refractivity contribution in [2.75, 3.05) is 0 Å². The van der Waals surface area contributed by atoms with E-state index in [0.717, 1.165) is 5.56 Å². The minimum Gasteiger partial charge on any atom is -0.0985 e. The lowest BCUT2D eigenvalue weighted by molar-refractivity contribution is 1.32. The Labute approximate surface area is 74.2 Å². The van der Waals surface area contributed by atoms with Crippen molar-refractivity contribution in [1.82, 2.24) is 0 Å². The lowest BCUT2D eigenvalue weighted by atomic mass is 10.00. The first-order chi connectivity index (χ1) is 5.69. The lowest BCUT2D eigenvalue weighted by Crippen LogP contribution is -1.87. The largest absolute Gasteiger partial charge is 0.0985 e. The molecular weight excluding hydrogens is 144 g/mol. The van der Waals surface area contributed by atoms with E-state index in [1.807, 2.05) is 12.2 Å². The lowest BCUT2D eigenvalue weighted by Gasteiger charge is -2.06. The summed E-state index contributed by atoms with van der Waals surface area (Å²) in [7, 11) is 0. The summed E-state index contributed by atoms with van der Waals surface area (Å²) in [5, 5.41) is 0. The van der Waals surface area contributed by atoms with Gasteiger partial charge < -0.3 is 0 Å². The van der Waals surface area contributed by atoms with Gasteiger partial charge in [-0.2, -0.15) is 0 Å². The quantitative estimate of drug-likeness (QED) is 0.617. The summed E-state index contributed by atoms with van der Waals surface area (Å²) >= 11 is 0. The SMILES string of the molecule is C=Cc1cc(C)c(C)c(C=C)c1. The molecule has 0 bridgehead atoms. The summed E-state index contributed by atoms with van der Waals surface area (Å²) in [5.41, 5.74) is 4.95. The zero-order valence-electron chi connectivity index (χ0n) is 7.72. The van der Waals surface area contributed by atoms with E-state index in [4.69, 9.17) is 0 Å². The van der Waals surface area contributed by atoms with E-state index in [1.165, 1.54) is 16.7 Å².